The second-order valence-corrected chi connectivity index (χ2v) is 4.20. The number of hydrogen-bond acceptors (Lipinski definition) is 1. The van der Waals surface area contributed by atoms with Crippen LogP contribution in [0.4, 0.5) is 4.39 Å². The number of aryl methyl sites for hydroxylation is 1. The highest BCUT2D eigenvalue weighted by atomic mass is 19.1. The van der Waals surface area contributed by atoms with Crippen LogP contribution >= 0.6 is 0 Å². The molecule has 0 aliphatic carbocycles. The van der Waals surface area contributed by atoms with Gasteiger partial charge in [0.05, 0.1) is 5.57 Å². The second-order valence-electron chi connectivity index (χ2n) is 4.20. The van der Waals surface area contributed by atoms with Gasteiger partial charge in [0.2, 0.25) is 0 Å². The Morgan fingerprint density at radius 3 is 2.37 bits per heavy atom. The van der Waals surface area contributed by atoms with Crippen molar-refractivity contribution in [3.05, 3.63) is 71.0 Å². The van der Waals surface area contributed by atoms with Gasteiger partial charge in [-0.3, -0.25) is 0 Å². The highest BCUT2D eigenvalue weighted by Crippen LogP contribution is 2.22. The number of benzene rings is 2. The smallest absolute Gasteiger partial charge is 0.336 e. The van der Waals surface area contributed by atoms with Crippen LogP contribution in [0.2, 0.25) is 0 Å². The number of halogens is 1. The van der Waals surface area contributed by atoms with E-state index in [4.69, 9.17) is 0 Å². The molecule has 2 aromatic carbocycles. The molecule has 0 heterocycles. The van der Waals surface area contributed by atoms with Gasteiger partial charge in [0.15, 0.2) is 0 Å². The zero-order valence-electron chi connectivity index (χ0n) is 10.4. The quantitative estimate of drug-likeness (QED) is 0.670. The van der Waals surface area contributed by atoms with Gasteiger partial charge in [-0.15, -0.1) is 0 Å². The molecule has 0 aliphatic rings. The molecule has 0 saturated carbocycles. The van der Waals surface area contributed by atoms with Crippen LogP contribution in [-0.4, -0.2) is 11.1 Å². The van der Waals surface area contributed by atoms with Crippen molar-refractivity contribution in [2.45, 2.75) is 6.92 Å². The van der Waals surface area contributed by atoms with Crippen LogP contribution in [0.5, 0.6) is 0 Å². The summed E-state index contributed by atoms with van der Waals surface area (Å²) in [6.45, 7) is 1.88. The summed E-state index contributed by atoms with van der Waals surface area (Å²) in [5.41, 5.74) is 1.76. The van der Waals surface area contributed by atoms with Crippen molar-refractivity contribution in [2.24, 2.45) is 0 Å². The van der Waals surface area contributed by atoms with E-state index in [-0.39, 0.29) is 11.1 Å². The summed E-state index contributed by atoms with van der Waals surface area (Å²) in [5.74, 6) is -1.68. The first-order valence-corrected chi connectivity index (χ1v) is 5.85. The van der Waals surface area contributed by atoms with E-state index < -0.39 is 11.8 Å². The molecule has 0 radical (unpaired) electrons. The molecule has 0 saturated heterocycles. The average molecular weight is 256 g/mol. The van der Waals surface area contributed by atoms with Gasteiger partial charge in [0.25, 0.3) is 0 Å². The molecule has 0 fully saturated rings. The number of carboxylic acid groups (broad SMARTS) is 1. The highest BCUT2D eigenvalue weighted by molar-refractivity contribution is 6.20. The number of carboxylic acids is 1. The lowest BCUT2D eigenvalue weighted by Crippen LogP contribution is -2.02. The normalized spacial score (nSPS) is 11.4. The predicted octanol–water partition coefficient (Wildman–Crippen LogP) is 3.76. The highest BCUT2D eigenvalue weighted by Gasteiger charge is 2.14. The minimum atomic E-state index is -1.15. The minimum Gasteiger partial charge on any atom is -0.478 e. The van der Waals surface area contributed by atoms with E-state index >= 15 is 0 Å². The van der Waals surface area contributed by atoms with Crippen molar-refractivity contribution >= 4 is 17.6 Å². The van der Waals surface area contributed by atoms with Gasteiger partial charge in [-0.1, -0.05) is 42.5 Å². The monoisotopic (exact) mass is 256 g/mol. The van der Waals surface area contributed by atoms with E-state index in [1.807, 2.05) is 25.1 Å². The molecule has 0 spiro atoms. The van der Waals surface area contributed by atoms with E-state index in [9.17, 15) is 14.3 Å². The van der Waals surface area contributed by atoms with Crippen LogP contribution in [0.1, 0.15) is 16.7 Å². The molecule has 2 rings (SSSR count). The fourth-order valence-corrected chi connectivity index (χ4v) is 1.84. The predicted molar refractivity (Wildman–Crippen MR) is 73.1 cm³/mol. The summed E-state index contributed by atoms with van der Waals surface area (Å²) >= 11 is 0. The lowest BCUT2D eigenvalue weighted by Gasteiger charge is -2.06. The van der Waals surface area contributed by atoms with Crippen molar-refractivity contribution in [3.8, 4) is 0 Å². The number of rotatable bonds is 3. The Morgan fingerprint density at radius 2 is 1.74 bits per heavy atom. The third-order valence-electron chi connectivity index (χ3n) is 2.88. The molecule has 19 heavy (non-hydrogen) atoms. The van der Waals surface area contributed by atoms with Gasteiger partial charge in [0, 0.05) is 5.56 Å². The summed E-state index contributed by atoms with van der Waals surface area (Å²) in [4.78, 5) is 11.3. The summed E-state index contributed by atoms with van der Waals surface area (Å²) < 4.78 is 13.7. The lowest BCUT2D eigenvalue weighted by molar-refractivity contribution is -0.130. The van der Waals surface area contributed by atoms with E-state index in [0.717, 1.165) is 11.1 Å². The maximum absolute atomic E-state index is 13.7. The van der Waals surface area contributed by atoms with Crippen LogP contribution in [-0.2, 0) is 4.79 Å². The largest absolute Gasteiger partial charge is 0.478 e. The maximum Gasteiger partial charge on any atom is 0.336 e. The molecule has 0 atom stereocenters. The molecule has 1 N–H and O–H groups in total. The van der Waals surface area contributed by atoms with Crippen LogP contribution in [0.3, 0.4) is 0 Å². The summed E-state index contributed by atoms with van der Waals surface area (Å²) in [7, 11) is 0. The van der Waals surface area contributed by atoms with Crippen LogP contribution in [0, 0.1) is 12.7 Å². The van der Waals surface area contributed by atoms with Crippen molar-refractivity contribution in [3.63, 3.8) is 0 Å². The van der Waals surface area contributed by atoms with E-state index in [0.29, 0.717) is 0 Å². The standard InChI is InChI=1S/C16H13FO2/c1-11-6-2-3-7-12(11)10-14(16(18)19)13-8-4-5-9-15(13)17/h2-10H,1H3,(H,18,19)/b14-10+. The van der Waals surface area contributed by atoms with Gasteiger partial charge in [-0.25, -0.2) is 9.18 Å². The molecule has 0 aromatic heterocycles. The Balaban J connectivity index is 2.57. The summed E-state index contributed by atoms with van der Waals surface area (Å²) in [6.07, 6.45) is 1.50. The van der Waals surface area contributed by atoms with Crippen molar-refractivity contribution in [1.82, 2.24) is 0 Å². The third-order valence-corrected chi connectivity index (χ3v) is 2.88. The van der Waals surface area contributed by atoms with E-state index in [2.05, 4.69) is 0 Å². The Kier molecular flexibility index (Phi) is 3.76. The zero-order chi connectivity index (χ0) is 13.8. The first kappa shape index (κ1) is 13.0. The van der Waals surface area contributed by atoms with Gasteiger partial charge < -0.3 is 5.11 Å². The molecule has 0 unspecified atom stereocenters. The molecule has 0 amide bonds. The molecule has 0 aliphatic heterocycles. The number of hydrogen-bond donors (Lipinski definition) is 1. The number of carbonyl (C=O) groups is 1. The van der Waals surface area contributed by atoms with Crippen LogP contribution in [0.15, 0.2) is 48.5 Å². The minimum absolute atomic E-state index is 0.0487. The Hall–Kier alpha value is -2.42. The SMILES string of the molecule is Cc1ccccc1/C=C(/C(=O)O)c1ccccc1F. The molecule has 3 heteroatoms. The Morgan fingerprint density at radius 1 is 1.11 bits per heavy atom. The first-order valence-electron chi connectivity index (χ1n) is 5.85. The van der Waals surface area contributed by atoms with Gasteiger partial charge in [0.1, 0.15) is 5.82 Å². The topological polar surface area (TPSA) is 37.3 Å². The Labute approximate surface area is 110 Å². The molecule has 96 valence electrons. The zero-order valence-corrected chi connectivity index (χ0v) is 10.4. The molecule has 2 nitrogen and oxygen atoms in total. The summed E-state index contributed by atoms with van der Waals surface area (Å²) in [5, 5.41) is 9.27. The average Bonchev–Trinajstić information content (AvgIpc) is 2.38. The fourth-order valence-electron chi connectivity index (χ4n) is 1.84. The molecular formula is C16H13FO2. The van der Waals surface area contributed by atoms with E-state index in [1.54, 1.807) is 12.1 Å². The van der Waals surface area contributed by atoms with Crippen LogP contribution in [0.25, 0.3) is 11.6 Å². The molecule has 0 bridgehead atoms. The van der Waals surface area contributed by atoms with Crippen molar-refractivity contribution < 1.29 is 14.3 Å². The maximum atomic E-state index is 13.7. The Bertz CT molecular complexity index is 645. The fraction of sp³-hybridized carbons (Fsp3) is 0.0625. The van der Waals surface area contributed by atoms with Crippen LogP contribution < -0.4 is 0 Å². The lowest BCUT2D eigenvalue weighted by atomic mass is 10.00. The van der Waals surface area contributed by atoms with Crippen molar-refractivity contribution in [1.29, 1.82) is 0 Å². The summed E-state index contributed by atoms with van der Waals surface area (Å²) in [6, 6.07) is 13.2. The second kappa shape index (κ2) is 5.48. The van der Waals surface area contributed by atoms with E-state index in [1.165, 1.54) is 24.3 Å². The van der Waals surface area contributed by atoms with Gasteiger partial charge in [-0.05, 0) is 30.2 Å². The first-order chi connectivity index (χ1) is 9.09. The van der Waals surface area contributed by atoms with Crippen molar-refractivity contribution in [2.75, 3.05) is 0 Å². The molecular weight excluding hydrogens is 243 g/mol. The third kappa shape index (κ3) is 2.88. The number of aliphatic carboxylic acids is 1. The van der Waals surface area contributed by atoms with Gasteiger partial charge >= 0.3 is 5.97 Å². The van der Waals surface area contributed by atoms with Gasteiger partial charge in [-0.2, -0.15) is 0 Å². The molecule has 2 aromatic rings.